The number of benzene rings is 3. The predicted molar refractivity (Wildman–Crippen MR) is 118 cm³/mol. The lowest BCUT2D eigenvalue weighted by Crippen LogP contribution is -2.11. The van der Waals surface area contributed by atoms with E-state index in [1.54, 1.807) is 38.5 Å². The van der Waals surface area contributed by atoms with Crippen LogP contribution in [0.1, 0.15) is 31.8 Å². The van der Waals surface area contributed by atoms with Crippen LogP contribution in [0.5, 0.6) is 17.2 Å². The lowest BCUT2D eigenvalue weighted by atomic mass is 10.1. The third kappa shape index (κ3) is 4.36. The molecule has 4 rings (SSSR count). The Morgan fingerprint density at radius 3 is 2.42 bits per heavy atom. The number of fused-ring (bicyclic) bond motifs is 1. The Bertz CT molecular complexity index is 1160. The zero-order chi connectivity index (χ0) is 21.8. The van der Waals surface area contributed by atoms with Gasteiger partial charge in [-0.15, -0.1) is 0 Å². The molecule has 0 fully saturated rings. The highest BCUT2D eigenvalue weighted by molar-refractivity contribution is 6.16. The summed E-state index contributed by atoms with van der Waals surface area (Å²) in [6.07, 6.45) is 2.37. The molecule has 0 aliphatic heterocycles. The summed E-state index contributed by atoms with van der Waals surface area (Å²) in [6.45, 7) is -0.0476. The second-order valence-corrected chi connectivity index (χ2v) is 7.19. The summed E-state index contributed by atoms with van der Waals surface area (Å²) >= 11 is 0. The van der Waals surface area contributed by atoms with Gasteiger partial charge in [-0.25, -0.2) is 0 Å². The summed E-state index contributed by atoms with van der Waals surface area (Å²) in [5.74, 6) is 1.60. The fraction of sp³-hybridized carbons (Fsp3) is 0.154. The SMILES string of the molecule is COc1cc2c(cc1OC)C(=O)/C(=C/c1cccc(OCC(=O)c3ccccc3)c1)C2. The molecule has 0 saturated heterocycles. The lowest BCUT2D eigenvalue weighted by molar-refractivity contribution is 0.0921. The summed E-state index contributed by atoms with van der Waals surface area (Å²) in [4.78, 5) is 25.1. The molecule has 3 aromatic rings. The van der Waals surface area contributed by atoms with Crippen LogP contribution in [0.15, 0.2) is 72.3 Å². The third-order valence-electron chi connectivity index (χ3n) is 5.19. The fourth-order valence-electron chi connectivity index (χ4n) is 3.61. The Morgan fingerprint density at radius 1 is 0.935 bits per heavy atom. The smallest absolute Gasteiger partial charge is 0.200 e. The second-order valence-electron chi connectivity index (χ2n) is 7.19. The van der Waals surface area contributed by atoms with Crippen molar-refractivity contribution in [3.8, 4) is 17.2 Å². The van der Waals surface area contributed by atoms with E-state index in [2.05, 4.69) is 0 Å². The van der Waals surface area contributed by atoms with E-state index in [0.29, 0.717) is 40.4 Å². The molecular formula is C26H22O5. The molecule has 0 spiro atoms. The quantitative estimate of drug-likeness (QED) is 0.411. The van der Waals surface area contributed by atoms with Crippen LogP contribution in [0, 0.1) is 0 Å². The molecule has 0 N–H and O–H groups in total. The van der Waals surface area contributed by atoms with Gasteiger partial charge in [-0.05, 0) is 41.5 Å². The van der Waals surface area contributed by atoms with E-state index < -0.39 is 0 Å². The van der Waals surface area contributed by atoms with E-state index >= 15 is 0 Å². The number of allylic oxidation sites excluding steroid dienone is 1. The Morgan fingerprint density at radius 2 is 1.68 bits per heavy atom. The summed E-state index contributed by atoms with van der Waals surface area (Å²) in [7, 11) is 3.13. The summed E-state index contributed by atoms with van der Waals surface area (Å²) in [5, 5.41) is 0. The normalized spacial score (nSPS) is 13.7. The first-order valence-corrected chi connectivity index (χ1v) is 9.90. The van der Waals surface area contributed by atoms with Crippen molar-refractivity contribution in [2.45, 2.75) is 6.42 Å². The van der Waals surface area contributed by atoms with Crippen molar-refractivity contribution in [1.29, 1.82) is 0 Å². The first-order chi connectivity index (χ1) is 15.1. The Labute approximate surface area is 180 Å². The minimum Gasteiger partial charge on any atom is -0.493 e. The Hall–Kier alpha value is -3.86. The monoisotopic (exact) mass is 414 g/mol. The van der Waals surface area contributed by atoms with Crippen LogP contribution in [0.3, 0.4) is 0 Å². The highest BCUT2D eigenvalue weighted by Gasteiger charge is 2.27. The van der Waals surface area contributed by atoms with Crippen molar-refractivity contribution < 1.29 is 23.8 Å². The first-order valence-electron chi connectivity index (χ1n) is 9.90. The van der Waals surface area contributed by atoms with E-state index in [-0.39, 0.29) is 18.2 Å². The molecule has 0 bridgehead atoms. The van der Waals surface area contributed by atoms with Crippen LogP contribution in [-0.4, -0.2) is 32.4 Å². The van der Waals surface area contributed by atoms with Crippen LogP contribution < -0.4 is 14.2 Å². The zero-order valence-electron chi connectivity index (χ0n) is 17.4. The van der Waals surface area contributed by atoms with Gasteiger partial charge in [0.05, 0.1) is 14.2 Å². The fourth-order valence-corrected chi connectivity index (χ4v) is 3.61. The van der Waals surface area contributed by atoms with E-state index in [0.717, 1.165) is 11.1 Å². The van der Waals surface area contributed by atoms with Gasteiger partial charge in [-0.2, -0.15) is 0 Å². The average molecular weight is 414 g/mol. The van der Waals surface area contributed by atoms with Gasteiger partial charge in [0.25, 0.3) is 0 Å². The van der Waals surface area contributed by atoms with Crippen LogP contribution in [0.2, 0.25) is 0 Å². The zero-order valence-corrected chi connectivity index (χ0v) is 17.4. The largest absolute Gasteiger partial charge is 0.493 e. The number of methoxy groups -OCH3 is 2. The van der Waals surface area contributed by atoms with Gasteiger partial charge < -0.3 is 14.2 Å². The van der Waals surface area contributed by atoms with Gasteiger partial charge in [-0.3, -0.25) is 9.59 Å². The average Bonchev–Trinajstić information content (AvgIpc) is 3.11. The van der Waals surface area contributed by atoms with Crippen molar-refractivity contribution in [3.05, 3.63) is 94.6 Å². The number of hydrogen-bond donors (Lipinski definition) is 0. The molecule has 0 heterocycles. The highest BCUT2D eigenvalue weighted by Crippen LogP contribution is 2.37. The van der Waals surface area contributed by atoms with Gasteiger partial charge in [0.2, 0.25) is 0 Å². The molecule has 5 heteroatoms. The number of carbonyl (C=O) groups excluding carboxylic acids is 2. The second kappa shape index (κ2) is 8.88. The molecule has 0 radical (unpaired) electrons. The predicted octanol–water partition coefficient (Wildman–Crippen LogP) is 4.79. The van der Waals surface area contributed by atoms with Crippen LogP contribution in [0.4, 0.5) is 0 Å². The van der Waals surface area contributed by atoms with Gasteiger partial charge >= 0.3 is 0 Å². The topological polar surface area (TPSA) is 61.8 Å². The van der Waals surface area contributed by atoms with Gasteiger partial charge in [0.15, 0.2) is 29.7 Å². The number of carbonyl (C=O) groups is 2. The molecule has 0 aromatic heterocycles. The number of ketones is 2. The third-order valence-corrected chi connectivity index (χ3v) is 5.19. The lowest BCUT2D eigenvalue weighted by Gasteiger charge is -2.08. The van der Waals surface area contributed by atoms with E-state index in [1.165, 1.54) is 0 Å². The number of Topliss-reactive ketones (excluding diaryl/α,β-unsaturated/α-hetero) is 2. The van der Waals surface area contributed by atoms with E-state index in [9.17, 15) is 9.59 Å². The Balaban J connectivity index is 1.50. The van der Waals surface area contributed by atoms with Crippen LogP contribution in [0.25, 0.3) is 6.08 Å². The number of hydrogen-bond acceptors (Lipinski definition) is 5. The molecule has 0 unspecified atom stereocenters. The molecule has 1 aliphatic rings. The Kier molecular flexibility index (Phi) is 5.85. The molecule has 156 valence electrons. The van der Waals surface area contributed by atoms with Crippen molar-refractivity contribution in [2.75, 3.05) is 20.8 Å². The molecule has 0 saturated carbocycles. The first kappa shape index (κ1) is 20.4. The maximum atomic E-state index is 12.9. The minimum absolute atomic E-state index is 0.0264. The van der Waals surface area contributed by atoms with Gasteiger partial charge in [-0.1, -0.05) is 42.5 Å². The number of ether oxygens (including phenoxy) is 3. The van der Waals surface area contributed by atoms with Gasteiger partial charge in [0.1, 0.15) is 5.75 Å². The molecular weight excluding hydrogens is 392 g/mol. The summed E-state index contributed by atoms with van der Waals surface area (Å²) in [5.41, 5.74) is 3.67. The van der Waals surface area contributed by atoms with E-state index in [1.807, 2.05) is 48.5 Å². The molecule has 0 amide bonds. The summed E-state index contributed by atoms with van der Waals surface area (Å²) in [6, 6.07) is 20.0. The highest BCUT2D eigenvalue weighted by atomic mass is 16.5. The standard InChI is InChI=1S/C26H22O5/c1-29-24-14-19-13-20(26(28)22(19)15-25(24)30-2)11-17-7-6-10-21(12-17)31-16-23(27)18-8-4-3-5-9-18/h3-12,14-15H,13,16H2,1-2H3/b20-11+. The molecule has 0 atom stereocenters. The molecule has 1 aliphatic carbocycles. The van der Waals surface area contributed by atoms with Crippen LogP contribution >= 0.6 is 0 Å². The van der Waals surface area contributed by atoms with E-state index in [4.69, 9.17) is 14.2 Å². The molecule has 31 heavy (non-hydrogen) atoms. The maximum Gasteiger partial charge on any atom is 0.200 e. The van der Waals surface area contributed by atoms with Crippen molar-refractivity contribution in [3.63, 3.8) is 0 Å². The maximum absolute atomic E-state index is 12.9. The van der Waals surface area contributed by atoms with Crippen molar-refractivity contribution in [1.82, 2.24) is 0 Å². The van der Waals surface area contributed by atoms with Crippen LogP contribution in [-0.2, 0) is 6.42 Å². The minimum atomic E-state index is -0.0892. The molecule has 5 nitrogen and oxygen atoms in total. The molecule has 3 aromatic carbocycles. The van der Waals surface area contributed by atoms with Crippen molar-refractivity contribution >= 4 is 17.6 Å². The van der Waals surface area contributed by atoms with Gasteiger partial charge in [0, 0.05) is 23.1 Å². The number of rotatable bonds is 7. The summed E-state index contributed by atoms with van der Waals surface area (Å²) < 4.78 is 16.3. The van der Waals surface area contributed by atoms with Crippen molar-refractivity contribution in [2.24, 2.45) is 0 Å².